The lowest BCUT2D eigenvalue weighted by Crippen LogP contribution is -2.39. The quantitative estimate of drug-likeness (QED) is 0.643. The first-order valence-corrected chi connectivity index (χ1v) is 4.92. The summed E-state index contributed by atoms with van der Waals surface area (Å²) in [6.07, 6.45) is 4.99. The number of hydrogen-bond donors (Lipinski definition) is 1. The Bertz CT molecular complexity index is 79.0. The minimum absolute atomic E-state index is 0.835. The van der Waals surface area contributed by atoms with Gasteiger partial charge in [-0.1, -0.05) is 0 Å². The molecule has 1 aliphatic carbocycles. The molecule has 1 rings (SSSR count). The van der Waals surface area contributed by atoms with E-state index in [1.807, 2.05) is 11.8 Å². The van der Waals surface area contributed by atoms with Crippen molar-refractivity contribution in [3.63, 3.8) is 0 Å². The van der Waals surface area contributed by atoms with E-state index in [-0.39, 0.29) is 0 Å². The van der Waals surface area contributed by atoms with E-state index in [9.17, 15) is 0 Å². The molecule has 0 aromatic heterocycles. The van der Waals surface area contributed by atoms with Crippen LogP contribution in [0.2, 0.25) is 0 Å². The van der Waals surface area contributed by atoms with Crippen LogP contribution in [-0.2, 0) is 0 Å². The van der Waals surface area contributed by atoms with Crippen LogP contribution < -0.4 is 5.32 Å². The second-order valence-corrected chi connectivity index (χ2v) is 3.69. The molecule has 1 saturated carbocycles. The van der Waals surface area contributed by atoms with E-state index in [2.05, 4.69) is 18.6 Å². The van der Waals surface area contributed by atoms with Gasteiger partial charge in [-0.3, -0.25) is 0 Å². The predicted octanol–water partition coefficient (Wildman–Crippen LogP) is 1.35. The smallest absolute Gasteiger partial charge is 0.00699 e. The number of rotatable bonds is 3. The maximum Gasteiger partial charge on any atom is 0.00699 e. The summed E-state index contributed by atoms with van der Waals surface area (Å²) in [6.45, 7) is 0. The zero-order chi connectivity index (χ0) is 6.69. The summed E-state index contributed by atoms with van der Waals surface area (Å²) < 4.78 is 0. The Morgan fingerprint density at radius 2 is 2.22 bits per heavy atom. The Hall–Kier alpha value is 0.310. The zero-order valence-electron chi connectivity index (χ0n) is 6.18. The maximum atomic E-state index is 3.28. The van der Waals surface area contributed by atoms with Gasteiger partial charge in [-0.2, -0.15) is 11.8 Å². The van der Waals surface area contributed by atoms with Gasteiger partial charge in [0.1, 0.15) is 0 Å². The van der Waals surface area contributed by atoms with Crippen LogP contribution in [0.4, 0.5) is 0 Å². The summed E-state index contributed by atoms with van der Waals surface area (Å²) in [5.74, 6) is 2.37. The van der Waals surface area contributed by atoms with Crippen molar-refractivity contribution in [3.8, 4) is 0 Å². The van der Waals surface area contributed by atoms with Gasteiger partial charge < -0.3 is 5.32 Å². The first-order chi connectivity index (χ1) is 4.36. The lowest BCUT2D eigenvalue weighted by Gasteiger charge is -2.34. The highest BCUT2D eigenvalue weighted by molar-refractivity contribution is 7.98. The van der Waals surface area contributed by atoms with Crippen LogP contribution in [0.15, 0.2) is 0 Å². The average molecular weight is 145 g/mol. The molecule has 0 spiro atoms. The first kappa shape index (κ1) is 7.42. The van der Waals surface area contributed by atoms with E-state index in [0.717, 1.165) is 12.0 Å². The van der Waals surface area contributed by atoms with Crippen molar-refractivity contribution in [2.24, 2.45) is 5.92 Å². The Morgan fingerprint density at radius 3 is 2.67 bits per heavy atom. The van der Waals surface area contributed by atoms with Crippen molar-refractivity contribution < 1.29 is 0 Å². The molecule has 0 aromatic carbocycles. The Labute approximate surface area is 61.6 Å². The molecule has 0 unspecified atom stereocenters. The van der Waals surface area contributed by atoms with Gasteiger partial charge >= 0.3 is 0 Å². The topological polar surface area (TPSA) is 12.0 Å². The molecule has 0 heterocycles. The van der Waals surface area contributed by atoms with Crippen LogP contribution in [0.3, 0.4) is 0 Å². The predicted molar refractivity (Wildman–Crippen MR) is 44.0 cm³/mol. The minimum Gasteiger partial charge on any atom is -0.317 e. The lowest BCUT2D eigenvalue weighted by atomic mass is 9.82. The van der Waals surface area contributed by atoms with Gasteiger partial charge in [-0.25, -0.2) is 0 Å². The molecule has 0 amide bonds. The maximum absolute atomic E-state index is 3.28. The van der Waals surface area contributed by atoms with E-state index in [0.29, 0.717) is 0 Å². The normalized spacial score (nSPS) is 34.0. The van der Waals surface area contributed by atoms with E-state index < -0.39 is 0 Å². The largest absolute Gasteiger partial charge is 0.317 e. The highest BCUT2D eigenvalue weighted by Gasteiger charge is 2.26. The molecule has 0 saturated heterocycles. The van der Waals surface area contributed by atoms with Crippen LogP contribution in [0.25, 0.3) is 0 Å². The summed E-state index contributed by atoms with van der Waals surface area (Å²) in [6, 6.07) is 0.835. The van der Waals surface area contributed by atoms with E-state index in [1.165, 1.54) is 18.6 Å². The fraction of sp³-hybridized carbons (Fsp3) is 1.00. The van der Waals surface area contributed by atoms with Crippen molar-refractivity contribution in [2.75, 3.05) is 19.1 Å². The molecular formula is C7H15NS. The van der Waals surface area contributed by atoms with Gasteiger partial charge in [-0.15, -0.1) is 0 Å². The van der Waals surface area contributed by atoms with Crippen LogP contribution in [-0.4, -0.2) is 25.1 Å². The van der Waals surface area contributed by atoms with Crippen LogP contribution >= 0.6 is 11.8 Å². The molecule has 1 N–H and O–H groups in total. The summed E-state index contributed by atoms with van der Waals surface area (Å²) in [5.41, 5.74) is 0. The third-order valence-corrected chi connectivity index (χ3v) is 2.85. The number of hydrogen-bond acceptors (Lipinski definition) is 2. The fourth-order valence-electron chi connectivity index (χ4n) is 1.34. The van der Waals surface area contributed by atoms with Crippen molar-refractivity contribution in [1.29, 1.82) is 0 Å². The summed E-state index contributed by atoms with van der Waals surface area (Å²) >= 11 is 1.97. The molecular weight excluding hydrogens is 130 g/mol. The van der Waals surface area contributed by atoms with Gasteiger partial charge in [-0.05, 0) is 37.8 Å². The van der Waals surface area contributed by atoms with Crippen molar-refractivity contribution in [1.82, 2.24) is 5.32 Å². The fourth-order valence-corrected chi connectivity index (χ4v) is 2.09. The van der Waals surface area contributed by atoms with E-state index >= 15 is 0 Å². The molecule has 9 heavy (non-hydrogen) atoms. The molecule has 0 aromatic rings. The molecule has 2 heteroatoms. The standard InChI is InChI=1S/C7H15NS/c1-8-7-3-6(4-7)5-9-2/h6-8H,3-5H2,1-2H3. The molecule has 54 valence electrons. The van der Waals surface area contributed by atoms with Crippen molar-refractivity contribution >= 4 is 11.8 Å². The monoisotopic (exact) mass is 145 g/mol. The molecule has 0 aliphatic heterocycles. The van der Waals surface area contributed by atoms with Gasteiger partial charge in [0.2, 0.25) is 0 Å². The second kappa shape index (κ2) is 3.47. The zero-order valence-corrected chi connectivity index (χ0v) is 7.00. The average Bonchev–Trinajstić information content (AvgIpc) is 1.77. The summed E-state index contributed by atoms with van der Waals surface area (Å²) in [4.78, 5) is 0. The van der Waals surface area contributed by atoms with Gasteiger partial charge in [0, 0.05) is 6.04 Å². The Kier molecular flexibility index (Phi) is 2.86. The SMILES string of the molecule is CNC1CC(CSC)C1. The van der Waals surface area contributed by atoms with Gasteiger partial charge in [0.25, 0.3) is 0 Å². The number of thioether (sulfide) groups is 1. The van der Waals surface area contributed by atoms with E-state index in [1.54, 1.807) is 0 Å². The molecule has 0 atom stereocenters. The molecule has 1 fully saturated rings. The minimum atomic E-state index is 0.835. The highest BCUT2D eigenvalue weighted by Crippen LogP contribution is 2.29. The lowest BCUT2D eigenvalue weighted by molar-refractivity contribution is 0.259. The summed E-state index contributed by atoms with van der Waals surface area (Å²) in [5, 5.41) is 3.28. The van der Waals surface area contributed by atoms with Gasteiger partial charge in [0.15, 0.2) is 0 Å². The Morgan fingerprint density at radius 1 is 1.56 bits per heavy atom. The first-order valence-electron chi connectivity index (χ1n) is 3.53. The van der Waals surface area contributed by atoms with Crippen molar-refractivity contribution in [2.45, 2.75) is 18.9 Å². The third kappa shape index (κ3) is 1.87. The molecule has 0 bridgehead atoms. The second-order valence-electron chi connectivity index (χ2n) is 2.78. The molecule has 1 nitrogen and oxygen atoms in total. The number of nitrogens with one attached hydrogen (secondary N) is 1. The molecule has 0 radical (unpaired) electrons. The highest BCUT2D eigenvalue weighted by atomic mass is 32.2. The molecule has 1 aliphatic rings. The third-order valence-electron chi connectivity index (χ3n) is 2.05. The van der Waals surface area contributed by atoms with Crippen LogP contribution in [0.5, 0.6) is 0 Å². The van der Waals surface area contributed by atoms with Crippen molar-refractivity contribution in [3.05, 3.63) is 0 Å². The van der Waals surface area contributed by atoms with Crippen LogP contribution in [0.1, 0.15) is 12.8 Å². The summed E-state index contributed by atoms with van der Waals surface area (Å²) in [7, 11) is 2.06. The van der Waals surface area contributed by atoms with Crippen LogP contribution in [0, 0.1) is 5.92 Å². The Balaban J connectivity index is 1.98. The van der Waals surface area contributed by atoms with E-state index in [4.69, 9.17) is 0 Å². The van der Waals surface area contributed by atoms with Gasteiger partial charge in [0.05, 0.1) is 0 Å².